The van der Waals surface area contributed by atoms with Gasteiger partial charge in [0, 0.05) is 42.6 Å². The van der Waals surface area contributed by atoms with Gasteiger partial charge in [-0.1, -0.05) is 0 Å². The molecular formula is C23H26FN7O2. The minimum absolute atomic E-state index is 0.134. The zero-order valence-electron chi connectivity index (χ0n) is 18.5. The average molecular weight is 452 g/mol. The van der Waals surface area contributed by atoms with Gasteiger partial charge in [0.05, 0.1) is 29.0 Å². The van der Waals surface area contributed by atoms with Crippen LogP contribution in [0.5, 0.6) is 0 Å². The number of anilines is 1. The molecule has 1 aliphatic heterocycles. The number of carbonyl (C=O) groups is 1. The molecule has 0 saturated carbocycles. The highest BCUT2D eigenvalue weighted by Crippen LogP contribution is 2.24. The van der Waals surface area contributed by atoms with Gasteiger partial charge in [-0.05, 0) is 38.9 Å². The van der Waals surface area contributed by atoms with E-state index in [-0.39, 0.29) is 18.2 Å². The number of nitrogens with zero attached hydrogens (tertiary/aromatic N) is 4. The number of hydrogen-bond acceptors (Lipinski definition) is 7. The second kappa shape index (κ2) is 9.13. The van der Waals surface area contributed by atoms with Crippen molar-refractivity contribution in [3.05, 3.63) is 47.9 Å². The first kappa shape index (κ1) is 22.6. The standard InChI is InChI=1S/C23H26FN7O2/c1-23(2,33)19(24)13-29-22(32)17-12-27-20(8-18(17)30-16-3-5-26-11-16)31-6-4-15-7-14(9-25)10-28-21(15)31/h4,6-8,10,12,16,19,26,33H,3,5,11,13H2,1-2H3,(H,27,30)(H,29,32)/t16?,19-/m1/s1. The van der Waals surface area contributed by atoms with Crippen molar-refractivity contribution in [1.29, 1.82) is 5.26 Å². The Morgan fingerprint density at radius 3 is 2.94 bits per heavy atom. The van der Waals surface area contributed by atoms with Crippen LogP contribution in [0.4, 0.5) is 10.1 Å². The SMILES string of the molecule is CC(C)(O)[C@H](F)CNC(=O)c1cnc(-n2ccc3cc(C#N)cnc32)cc1NC1CCNC1. The monoisotopic (exact) mass is 451 g/mol. The zero-order chi connectivity index (χ0) is 23.6. The lowest BCUT2D eigenvalue weighted by Crippen LogP contribution is -2.42. The number of nitriles is 1. The van der Waals surface area contributed by atoms with Gasteiger partial charge in [0.25, 0.3) is 5.91 Å². The van der Waals surface area contributed by atoms with Gasteiger partial charge in [-0.3, -0.25) is 9.36 Å². The fourth-order valence-electron chi connectivity index (χ4n) is 3.67. The third-order valence-electron chi connectivity index (χ3n) is 5.66. The fraction of sp³-hybridized carbons (Fsp3) is 0.391. The highest BCUT2D eigenvalue weighted by Gasteiger charge is 2.27. The number of aliphatic hydroxyl groups is 1. The number of rotatable bonds is 7. The summed E-state index contributed by atoms with van der Waals surface area (Å²) in [5.74, 6) is 0.0654. The minimum Gasteiger partial charge on any atom is -0.387 e. The van der Waals surface area contributed by atoms with E-state index in [1.54, 1.807) is 22.9 Å². The van der Waals surface area contributed by atoms with E-state index < -0.39 is 17.7 Å². The fourth-order valence-corrected chi connectivity index (χ4v) is 3.67. The largest absolute Gasteiger partial charge is 0.387 e. The summed E-state index contributed by atoms with van der Waals surface area (Å²) in [6, 6.07) is 7.56. The van der Waals surface area contributed by atoms with E-state index in [0.717, 1.165) is 24.9 Å². The van der Waals surface area contributed by atoms with Crippen LogP contribution in [-0.4, -0.2) is 63.0 Å². The van der Waals surface area contributed by atoms with Crippen LogP contribution in [0, 0.1) is 11.3 Å². The Balaban J connectivity index is 1.65. The van der Waals surface area contributed by atoms with E-state index in [0.29, 0.717) is 22.7 Å². The second-order valence-electron chi connectivity index (χ2n) is 8.69. The van der Waals surface area contributed by atoms with Crippen LogP contribution < -0.4 is 16.0 Å². The summed E-state index contributed by atoms with van der Waals surface area (Å²) in [4.78, 5) is 21.7. The molecule has 0 bridgehead atoms. The maximum absolute atomic E-state index is 14.1. The number of nitrogens with one attached hydrogen (secondary N) is 3. The van der Waals surface area contributed by atoms with Crippen molar-refractivity contribution >= 4 is 22.6 Å². The van der Waals surface area contributed by atoms with Gasteiger partial charge in [0.15, 0.2) is 0 Å². The summed E-state index contributed by atoms with van der Waals surface area (Å²) in [5.41, 5.74) is 0.399. The Kier molecular flexibility index (Phi) is 6.26. The Hall–Kier alpha value is -3.55. The van der Waals surface area contributed by atoms with Gasteiger partial charge in [-0.15, -0.1) is 0 Å². The lowest BCUT2D eigenvalue weighted by atomic mass is 10.0. The normalized spacial score (nSPS) is 17.0. The van der Waals surface area contributed by atoms with Crippen LogP contribution in [0.3, 0.4) is 0 Å². The van der Waals surface area contributed by atoms with Crippen molar-refractivity contribution in [3.8, 4) is 11.9 Å². The predicted octanol–water partition coefficient (Wildman–Crippen LogP) is 1.90. The van der Waals surface area contributed by atoms with E-state index >= 15 is 0 Å². The lowest BCUT2D eigenvalue weighted by Gasteiger charge is -2.23. The maximum atomic E-state index is 14.1. The molecule has 0 spiro atoms. The molecule has 4 heterocycles. The Labute approximate surface area is 190 Å². The number of pyridine rings is 2. The van der Waals surface area contributed by atoms with Crippen molar-refractivity contribution in [2.45, 2.75) is 38.1 Å². The molecule has 0 radical (unpaired) electrons. The number of aromatic nitrogens is 3. The summed E-state index contributed by atoms with van der Waals surface area (Å²) in [6.45, 7) is 4.03. The smallest absolute Gasteiger partial charge is 0.255 e. The van der Waals surface area contributed by atoms with Gasteiger partial charge in [-0.2, -0.15) is 5.26 Å². The number of amides is 1. The predicted molar refractivity (Wildman–Crippen MR) is 122 cm³/mol. The van der Waals surface area contributed by atoms with Crippen molar-refractivity contribution in [3.63, 3.8) is 0 Å². The number of alkyl halides is 1. The topological polar surface area (TPSA) is 128 Å². The Morgan fingerprint density at radius 2 is 2.24 bits per heavy atom. The first-order valence-corrected chi connectivity index (χ1v) is 10.8. The summed E-state index contributed by atoms with van der Waals surface area (Å²) < 4.78 is 15.9. The minimum atomic E-state index is -1.61. The molecule has 0 aromatic carbocycles. The number of carbonyl (C=O) groups excluding carboxylic acids is 1. The van der Waals surface area contributed by atoms with Crippen molar-refractivity contribution < 1.29 is 14.3 Å². The van der Waals surface area contributed by atoms with Gasteiger partial charge >= 0.3 is 0 Å². The van der Waals surface area contributed by atoms with E-state index in [4.69, 9.17) is 5.26 Å². The van der Waals surface area contributed by atoms with Crippen molar-refractivity contribution in [1.82, 2.24) is 25.2 Å². The first-order chi connectivity index (χ1) is 15.8. The molecule has 2 atom stereocenters. The number of hydrogen-bond donors (Lipinski definition) is 4. The van der Waals surface area contributed by atoms with E-state index in [1.165, 1.54) is 26.2 Å². The molecule has 1 fully saturated rings. The lowest BCUT2D eigenvalue weighted by molar-refractivity contribution is -0.00177. The van der Waals surface area contributed by atoms with Crippen LogP contribution in [0.1, 0.15) is 36.2 Å². The van der Waals surface area contributed by atoms with E-state index in [2.05, 4.69) is 32.0 Å². The average Bonchev–Trinajstić information content (AvgIpc) is 3.45. The summed E-state index contributed by atoms with van der Waals surface area (Å²) in [7, 11) is 0. The molecule has 172 valence electrons. The van der Waals surface area contributed by atoms with Gasteiger partial charge in [0.1, 0.15) is 23.7 Å². The van der Waals surface area contributed by atoms with Crippen molar-refractivity contribution in [2.24, 2.45) is 0 Å². The van der Waals surface area contributed by atoms with Crippen molar-refractivity contribution in [2.75, 3.05) is 25.0 Å². The van der Waals surface area contributed by atoms with Crippen LogP contribution in [0.25, 0.3) is 16.9 Å². The number of halogens is 1. The molecule has 1 unspecified atom stereocenters. The highest BCUT2D eigenvalue weighted by molar-refractivity contribution is 5.99. The van der Waals surface area contributed by atoms with E-state index in [1.807, 2.05) is 6.07 Å². The van der Waals surface area contributed by atoms with Crippen LogP contribution in [-0.2, 0) is 0 Å². The van der Waals surface area contributed by atoms with Gasteiger partial charge in [-0.25, -0.2) is 14.4 Å². The summed E-state index contributed by atoms with van der Waals surface area (Å²) in [6.07, 6.45) is 4.04. The molecule has 0 aliphatic carbocycles. The van der Waals surface area contributed by atoms with E-state index in [9.17, 15) is 14.3 Å². The molecule has 3 aromatic heterocycles. The molecule has 33 heavy (non-hydrogen) atoms. The molecule has 4 N–H and O–H groups in total. The third-order valence-corrected chi connectivity index (χ3v) is 5.66. The molecule has 10 heteroatoms. The van der Waals surface area contributed by atoms with Gasteiger partial charge < -0.3 is 21.1 Å². The summed E-state index contributed by atoms with van der Waals surface area (Å²) in [5, 5.41) is 28.9. The maximum Gasteiger partial charge on any atom is 0.255 e. The molecule has 1 amide bonds. The Morgan fingerprint density at radius 1 is 1.42 bits per heavy atom. The van der Waals surface area contributed by atoms with Crippen LogP contribution >= 0.6 is 0 Å². The summed E-state index contributed by atoms with van der Waals surface area (Å²) >= 11 is 0. The Bertz CT molecular complexity index is 1210. The first-order valence-electron chi connectivity index (χ1n) is 10.8. The molecule has 4 rings (SSSR count). The van der Waals surface area contributed by atoms with Crippen LogP contribution in [0.2, 0.25) is 0 Å². The molecule has 3 aromatic rings. The highest BCUT2D eigenvalue weighted by atomic mass is 19.1. The quantitative estimate of drug-likeness (QED) is 0.432. The zero-order valence-corrected chi connectivity index (χ0v) is 18.5. The van der Waals surface area contributed by atoms with Gasteiger partial charge in [0.2, 0.25) is 0 Å². The van der Waals surface area contributed by atoms with Crippen LogP contribution in [0.15, 0.2) is 36.8 Å². The molecular weight excluding hydrogens is 425 g/mol. The third kappa shape index (κ3) is 4.94. The molecule has 1 saturated heterocycles. The molecule has 9 nitrogen and oxygen atoms in total. The second-order valence-corrected chi connectivity index (χ2v) is 8.69. The molecule has 1 aliphatic rings. The number of fused-ring (bicyclic) bond motifs is 1.